The van der Waals surface area contributed by atoms with Gasteiger partial charge in [0, 0.05) is 38.0 Å². The summed E-state index contributed by atoms with van der Waals surface area (Å²) in [7, 11) is 0. The van der Waals surface area contributed by atoms with Gasteiger partial charge >= 0.3 is 12.1 Å². The molecule has 2 heterocycles. The van der Waals surface area contributed by atoms with Gasteiger partial charge in [-0.05, 0) is 6.42 Å². The second-order valence-corrected chi connectivity index (χ2v) is 5.66. The van der Waals surface area contributed by atoms with Crippen molar-refractivity contribution in [3.05, 3.63) is 12.2 Å². The summed E-state index contributed by atoms with van der Waals surface area (Å²) in [5.74, 6) is -3.21. The summed E-state index contributed by atoms with van der Waals surface area (Å²) in [5, 5.41) is 0.310. The van der Waals surface area contributed by atoms with Crippen LogP contribution in [-0.2, 0) is 38.3 Å². The lowest BCUT2D eigenvalue weighted by Gasteiger charge is -2.19. The van der Waals surface area contributed by atoms with Gasteiger partial charge in [-0.3, -0.25) is 33.7 Å². The molecule has 4 amide bonds. The van der Waals surface area contributed by atoms with E-state index in [4.69, 9.17) is 9.47 Å². The number of esters is 1. The molecule has 0 radical (unpaired) electrons. The Morgan fingerprint density at radius 2 is 1.63 bits per heavy atom. The van der Waals surface area contributed by atoms with Crippen LogP contribution >= 0.6 is 0 Å². The molecule has 2 aliphatic heterocycles. The fourth-order valence-electron chi connectivity index (χ4n) is 2.30. The Bertz CT molecular complexity index is 666. The third-order valence-corrected chi connectivity index (χ3v) is 3.63. The minimum atomic E-state index is -1.36. The highest BCUT2D eigenvalue weighted by molar-refractivity contribution is 6.13. The molecule has 27 heavy (non-hydrogen) atoms. The van der Waals surface area contributed by atoms with Gasteiger partial charge < -0.3 is 9.47 Å². The summed E-state index contributed by atoms with van der Waals surface area (Å²) in [5.41, 5.74) is 0. The number of rotatable bonds is 8. The van der Waals surface area contributed by atoms with Crippen LogP contribution < -0.4 is 0 Å². The van der Waals surface area contributed by atoms with Gasteiger partial charge in [-0.15, -0.1) is 0 Å². The van der Waals surface area contributed by atoms with Gasteiger partial charge in [-0.25, -0.2) is 4.79 Å². The molecule has 0 aromatic carbocycles. The Morgan fingerprint density at radius 3 is 2.19 bits per heavy atom. The highest BCUT2D eigenvalue weighted by Gasteiger charge is 2.34. The van der Waals surface area contributed by atoms with Crippen LogP contribution in [0.5, 0.6) is 0 Å². The van der Waals surface area contributed by atoms with Crippen LogP contribution in [0, 0.1) is 0 Å². The van der Waals surface area contributed by atoms with E-state index in [1.54, 1.807) is 6.92 Å². The minimum Gasteiger partial charge on any atom is -0.425 e. The number of nitrogens with zero attached hydrogens (tertiary/aromatic N) is 2. The summed E-state index contributed by atoms with van der Waals surface area (Å²) in [4.78, 5) is 74.6. The molecule has 0 spiro atoms. The van der Waals surface area contributed by atoms with Crippen LogP contribution in [0.15, 0.2) is 12.2 Å². The van der Waals surface area contributed by atoms with E-state index < -0.39 is 42.0 Å². The van der Waals surface area contributed by atoms with E-state index in [0.717, 1.165) is 17.1 Å². The van der Waals surface area contributed by atoms with Gasteiger partial charge in [0.1, 0.15) is 0 Å². The maximum Gasteiger partial charge on any atom is 0.537 e. The number of ether oxygens (including phenoxy) is 2. The average molecular weight is 382 g/mol. The first kappa shape index (κ1) is 20.1. The van der Waals surface area contributed by atoms with Gasteiger partial charge in [0.05, 0.1) is 6.42 Å². The molecule has 1 atom stereocenters. The molecule has 11 nitrogen and oxygen atoms in total. The molecule has 0 bridgehead atoms. The summed E-state index contributed by atoms with van der Waals surface area (Å²) < 4.78 is 9.81. The highest BCUT2D eigenvalue weighted by atomic mass is 16.9. The van der Waals surface area contributed by atoms with Crippen molar-refractivity contribution in [2.24, 2.45) is 0 Å². The molecule has 11 heteroatoms. The van der Waals surface area contributed by atoms with Crippen molar-refractivity contribution in [3.8, 4) is 0 Å². The van der Waals surface area contributed by atoms with Crippen molar-refractivity contribution in [2.75, 3.05) is 6.54 Å². The fourth-order valence-corrected chi connectivity index (χ4v) is 2.30. The maximum atomic E-state index is 11.9. The van der Waals surface area contributed by atoms with E-state index in [-0.39, 0.29) is 32.2 Å². The Balaban J connectivity index is 1.81. The third kappa shape index (κ3) is 5.36. The van der Waals surface area contributed by atoms with Crippen LogP contribution in [0.2, 0.25) is 0 Å². The smallest absolute Gasteiger partial charge is 0.425 e. The Morgan fingerprint density at radius 1 is 1.04 bits per heavy atom. The van der Waals surface area contributed by atoms with Crippen molar-refractivity contribution < 1.29 is 43.1 Å². The summed E-state index contributed by atoms with van der Waals surface area (Å²) >= 11 is 0. The first-order chi connectivity index (χ1) is 12.8. The molecular weight excluding hydrogens is 364 g/mol. The first-order valence-electron chi connectivity index (χ1n) is 8.29. The van der Waals surface area contributed by atoms with Gasteiger partial charge in [-0.1, -0.05) is 12.0 Å². The van der Waals surface area contributed by atoms with E-state index in [1.165, 1.54) is 0 Å². The SMILES string of the molecule is CCCC(OC(=O)CCN1C(=O)C=CC1=O)OC(=O)ON1C(=O)CCC1=O. The van der Waals surface area contributed by atoms with Gasteiger partial charge in [-0.2, -0.15) is 0 Å². The Kier molecular flexibility index (Phi) is 6.63. The van der Waals surface area contributed by atoms with E-state index in [2.05, 4.69) is 4.84 Å². The number of amides is 4. The van der Waals surface area contributed by atoms with E-state index in [0.29, 0.717) is 11.5 Å². The molecule has 1 fully saturated rings. The topological polar surface area (TPSA) is 137 Å². The lowest BCUT2D eigenvalue weighted by Crippen LogP contribution is -2.35. The third-order valence-electron chi connectivity index (χ3n) is 3.63. The molecule has 0 aromatic rings. The highest BCUT2D eigenvalue weighted by Crippen LogP contribution is 2.14. The normalized spacial score (nSPS) is 17.5. The number of imide groups is 2. The van der Waals surface area contributed by atoms with Crippen molar-refractivity contribution in [1.82, 2.24) is 9.96 Å². The van der Waals surface area contributed by atoms with Crippen LogP contribution in [0.4, 0.5) is 4.79 Å². The van der Waals surface area contributed by atoms with Gasteiger partial charge in [0.25, 0.3) is 29.9 Å². The van der Waals surface area contributed by atoms with Crippen LogP contribution in [0.25, 0.3) is 0 Å². The summed E-state index contributed by atoms with van der Waals surface area (Å²) in [6.45, 7) is 1.57. The molecule has 0 N–H and O–H groups in total. The molecule has 2 rings (SSSR count). The minimum absolute atomic E-state index is 0.0672. The largest absolute Gasteiger partial charge is 0.537 e. The molecule has 1 saturated heterocycles. The van der Waals surface area contributed by atoms with Gasteiger partial charge in [0.2, 0.25) is 0 Å². The Labute approximate surface area is 153 Å². The zero-order valence-electron chi connectivity index (χ0n) is 14.5. The number of carbonyl (C=O) groups is 6. The maximum absolute atomic E-state index is 11.9. The molecule has 146 valence electrons. The monoisotopic (exact) mass is 382 g/mol. The predicted molar refractivity (Wildman–Crippen MR) is 83.9 cm³/mol. The van der Waals surface area contributed by atoms with Crippen LogP contribution in [0.1, 0.15) is 39.0 Å². The summed E-state index contributed by atoms with van der Waals surface area (Å²) in [6, 6.07) is 0. The molecule has 0 aliphatic carbocycles. The molecular formula is C16H18N2O9. The zero-order chi connectivity index (χ0) is 20.0. The number of hydrogen-bond acceptors (Lipinski definition) is 9. The number of hydrogen-bond donors (Lipinski definition) is 0. The standard InChI is InChI=1S/C16H18N2O9/c1-2-3-15(26-16(24)27-18-12(21)6-7-13(18)22)25-14(23)8-9-17-10(19)4-5-11(17)20/h4-5,15H,2-3,6-9H2,1H3. The lowest BCUT2D eigenvalue weighted by molar-refractivity contribution is -0.194. The average Bonchev–Trinajstić information content (AvgIpc) is 3.09. The second-order valence-electron chi connectivity index (χ2n) is 5.66. The Hall–Kier alpha value is -3.24. The second kappa shape index (κ2) is 8.92. The van der Waals surface area contributed by atoms with Gasteiger partial charge in [0.15, 0.2) is 0 Å². The van der Waals surface area contributed by atoms with Crippen molar-refractivity contribution in [2.45, 2.75) is 45.3 Å². The molecule has 2 aliphatic rings. The molecule has 0 aromatic heterocycles. The molecule has 0 saturated carbocycles. The van der Waals surface area contributed by atoms with Crippen molar-refractivity contribution in [1.29, 1.82) is 0 Å². The van der Waals surface area contributed by atoms with Crippen LogP contribution in [0.3, 0.4) is 0 Å². The van der Waals surface area contributed by atoms with E-state index in [9.17, 15) is 28.8 Å². The summed E-state index contributed by atoms with van der Waals surface area (Å²) in [6.07, 6.45) is -0.275. The van der Waals surface area contributed by atoms with E-state index in [1.807, 2.05) is 0 Å². The zero-order valence-corrected chi connectivity index (χ0v) is 14.5. The first-order valence-corrected chi connectivity index (χ1v) is 8.29. The van der Waals surface area contributed by atoms with Crippen molar-refractivity contribution in [3.63, 3.8) is 0 Å². The predicted octanol–water partition coefficient (Wildman–Crippen LogP) is 0.188. The molecule has 1 unspecified atom stereocenters. The fraction of sp³-hybridized carbons (Fsp3) is 0.500. The van der Waals surface area contributed by atoms with Crippen LogP contribution in [-0.4, -0.2) is 58.6 Å². The number of hydroxylamine groups is 2. The number of carbonyl (C=O) groups excluding carboxylic acids is 6. The van der Waals surface area contributed by atoms with Crippen molar-refractivity contribution >= 4 is 35.8 Å². The lowest BCUT2D eigenvalue weighted by atomic mass is 10.3. The van der Waals surface area contributed by atoms with E-state index >= 15 is 0 Å². The quantitative estimate of drug-likeness (QED) is 0.327.